The fourth-order valence-corrected chi connectivity index (χ4v) is 4.08. The number of para-hydroxylation sites is 1. The van der Waals surface area contributed by atoms with E-state index in [0.717, 1.165) is 23.8 Å². The van der Waals surface area contributed by atoms with E-state index in [2.05, 4.69) is 36.5 Å². The molecule has 1 N–H and O–H groups in total. The van der Waals surface area contributed by atoms with Crippen LogP contribution in [0, 0.1) is 5.92 Å². The molecule has 0 saturated heterocycles. The molecule has 2 heteroatoms. The van der Waals surface area contributed by atoms with Crippen molar-refractivity contribution in [2.75, 3.05) is 7.11 Å². The van der Waals surface area contributed by atoms with Gasteiger partial charge >= 0.3 is 0 Å². The molecule has 3 rings (SSSR count). The Balaban J connectivity index is 1.46. The maximum Gasteiger partial charge on any atom is 0.122 e. The third-order valence-electron chi connectivity index (χ3n) is 5.61. The Morgan fingerprint density at radius 3 is 2.43 bits per heavy atom. The largest absolute Gasteiger partial charge is 0.496 e. The maximum absolute atomic E-state index is 5.49. The zero-order valence-corrected chi connectivity index (χ0v) is 13.5. The van der Waals surface area contributed by atoms with Crippen LogP contribution in [0.25, 0.3) is 0 Å². The zero-order chi connectivity index (χ0) is 14.7. The number of methoxy groups -OCH3 is 1. The summed E-state index contributed by atoms with van der Waals surface area (Å²) in [7, 11) is 1.78. The van der Waals surface area contributed by atoms with Gasteiger partial charge in [-0.15, -0.1) is 0 Å². The number of ether oxygens (including phenoxy) is 1. The van der Waals surface area contributed by atoms with Gasteiger partial charge in [-0.05, 0) is 62.0 Å². The van der Waals surface area contributed by atoms with Crippen molar-refractivity contribution in [3.8, 4) is 5.75 Å². The van der Waals surface area contributed by atoms with E-state index in [1.165, 1.54) is 50.5 Å². The Bertz CT molecular complexity index is 445. The lowest BCUT2D eigenvalue weighted by Crippen LogP contribution is -2.46. The molecule has 1 aromatic carbocycles. The average Bonchev–Trinajstić information content (AvgIpc) is 2.51. The Morgan fingerprint density at radius 2 is 1.76 bits per heavy atom. The van der Waals surface area contributed by atoms with E-state index in [1.54, 1.807) is 7.11 Å². The van der Waals surface area contributed by atoms with Crippen molar-refractivity contribution >= 4 is 0 Å². The molecular weight excluding hydrogens is 258 g/mol. The molecule has 2 aliphatic carbocycles. The summed E-state index contributed by atoms with van der Waals surface area (Å²) >= 11 is 0. The highest BCUT2D eigenvalue weighted by atomic mass is 16.5. The Hall–Kier alpha value is -1.02. The topological polar surface area (TPSA) is 21.3 Å². The van der Waals surface area contributed by atoms with E-state index in [4.69, 9.17) is 4.74 Å². The van der Waals surface area contributed by atoms with E-state index < -0.39 is 0 Å². The number of benzene rings is 1. The van der Waals surface area contributed by atoms with Crippen LogP contribution in [0.2, 0.25) is 0 Å². The van der Waals surface area contributed by atoms with Crippen LogP contribution in [0.1, 0.15) is 63.4 Å². The first-order chi connectivity index (χ1) is 10.3. The smallest absolute Gasteiger partial charge is 0.122 e. The summed E-state index contributed by atoms with van der Waals surface area (Å²) in [4.78, 5) is 0. The van der Waals surface area contributed by atoms with Gasteiger partial charge in [-0.2, -0.15) is 0 Å². The van der Waals surface area contributed by atoms with Crippen molar-refractivity contribution in [3.63, 3.8) is 0 Å². The molecular formula is C19H29NO. The molecule has 0 atom stereocenters. The number of rotatable bonds is 5. The predicted octanol–water partition coefficient (Wildman–Crippen LogP) is 4.50. The number of hydrogen-bond acceptors (Lipinski definition) is 2. The van der Waals surface area contributed by atoms with Crippen LogP contribution in [0.15, 0.2) is 24.3 Å². The van der Waals surface area contributed by atoms with Gasteiger partial charge in [0, 0.05) is 12.1 Å². The van der Waals surface area contributed by atoms with Crippen LogP contribution in [0.4, 0.5) is 0 Å². The summed E-state index contributed by atoms with van der Waals surface area (Å²) in [5, 5.41) is 3.90. The minimum Gasteiger partial charge on any atom is -0.496 e. The Labute approximate surface area is 129 Å². The van der Waals surface area contributed by atoms with E-state index in [9.17, 15) is 0 Å². The highest BCUT2D eigenvalue weighted by Crippen LogP contribution is 2.41. The molecule has 21 heavy (non-hydrogen) atoms. The minimum absolute atomic E-state index is 0.686. The van der Waals surface area contributed by atoms with E-state index in [1.807, 2.05) is 0 Å². The second-order valence-electron chi connectivity index (χ2n) is 6.90. The predicted molar refractivity (Wildman–Crippen MR) is 87.9 cm³/mol. The van der Waals surface area contributed by atoms with Crippen molar-refractivity contribution in [2.45, 2.75) is 69.9 Å². The van der Waals surface area contributed by atoms with E-state index >= 15 is 0 Å². The van der Waals surface area contributed by atoms with Gasteiger partial charge in [0.1, 0.15) is 5.75 Å². The molecule has 0 heterocycles. The summed E-state index contributed by atoms with van der Waals surface area (Å²) in [6.45, 7) is 2.34. The fourth-order valence-electron chi connectivity index (χ4n) is 4.08. The summed E-state index contributed by atoms with van der Waals surface area (Å²) in [6.07, 6.45) is 9.53. The monoisotopic (exact) mass is 287 g/mol. The lowest BCUT2D eigenvalue weighted by molar-refractivity contribution is 0.213. The molecule has 0 aromatic heterocycles. The third kappa shape index (κ3) is 3.42. The highest BCUT2D eigenvalue weighted by Gasteiger charge is 2.33. The van der Waals surface area contributed by atoms with Crippen molar-refractivity contribution in [3.05, 3.63) is 29.8 Å². The third-order valence-corrected chi connectivity index (χ3v) is 5.61. The SMILES string of the molecule is CCC1CCC(NC2CC(c3ccccc3OC)C2)CC1. The molecule has 116 valence electrons. The van der Waals surface area contributed by atoms with Gasteiger partial charge in [0.05, 0.1) is 7.11 Å². The van der Waals surface area contributed by atoms with E-state index in [0.29, 0.717) is 5.92 Å². The molecule has 2 fully saturated rings. The maximum atomic E-state index is 5.49. The number of nitrogens with one attached hydrogen (secondary N) is 1. The van der Waals surface area contributed by atoms with Crippen LogP contribution >= 0.6 is 0 Å². The van der Waals surface area contributed by atoms with Crippen molar-refractivity contribution in [1.29, 1.82) is 0 Å². The first-order valence-electron chi connectivity index (χ1n) is 8.69. The normalized spacial score (nSPS) is 32.5. The highest BCUT2D eigenvalue weighted by molar-refractivity contribution is 5.37. The molecule has 0 bridgehead atoms. The summed E-state index contributed by atoms with van der Waals surface area (Å²) in [5.74, 6) is 2.74. The molecule has 0 unspecified atom stereocenters. The molecule has 0 spiro atoms. The summed E-state index contributed by atoms with van der Waals surface area (Å²) in [6, 6.07) is 10.0. The average molecular weight is 287 g/mol. The first kappa shape index (κ1) is 14.9. The lowest BCUT2D eigenvalue weighted by Gasteiger charge is -2.40. The summed E-state index contributed by atoms with van der Waals surface area (Å²) < 4.78 is 5.49. The molecule has 2 saturated carbocycles. The number of hydrogen-bond donors (Lipinski definition) is 1. The molecule has 2 nitrogen and oxygen atoms in total. The van der Waals surface area contributed by atoms with Gasteiger partial charge in [-0.1, -0.05) is 31.5 Å². The second-order valence-corrected chi connectivity index (χ2v) is 6.90. The minimum atomic E-state index is 0.686. The standard InChI is InChI=1S/C19H29NO/c1-3-14-8-10-16(11-9-14)20-17-12-15(13-17)18-6-4-5-7-19(18)21-2/h4-7,14-17,20H,3,8-13H2,1-2H3. The van der Waals surface area contributed by atoms with Crippen molar-refractivity contribution in [1.82, 2.24) is 5.32 Å². The van der Waals surface area contributed by atoms with Crippen LogP contribution in [0.5, 0.6) is 5.75 Å². The second kappa shape index (κ2) is 6.83. The van der Waals surface area contributed by atoms with Crippen LogP contribution in [0.3, 0.4) is 0 Å². The zero-order valence-electron chi connectivity index (χ0n) is 13.5. The Kier molecular flexibility index (Phi) is 4.84. The fraction of sp³-hybridized carbons (Fsp3) is 0.684. The van der Waals surface area contributed by atoms with Gasteiger partial charge in [0.2, 0.25) is 0 Å². The lowest BCUT2D eigenvalue weighted by atomic mass is 9.74. The molecule has 0 aliphatic heterocycles. The molecule has 1 aromatic rings. The van der Waals surface area contributed by atoms with Gasteiger partial charge < -0.3 is 10.1 Å². The summed E-state index contributed by atoms with van der Waals surface area (Å²) in [5.41, 5.74) is 1.40. The first-order valence-corrected chi connectivity index (χ1v) is 8.69. The van der Waals surface area contributed by atoms with Gasteiger partial charge in [-0.25, -0.2) is 0 Å². The Morgan fingerprint density at radius 1 is 1.05 bits per heavy atom. The quantitative estimate of drug-likeness (QED) is 0.861. The van der Waals surface area contributed by atoms with Crippen molar-refractivity contribution < 1.29 is 4.74 Å². The van der Waals surface area contributed by atoms with Gasteiger partial charge in [-0.3, -0.25) is 0 Å². The van der Waals surface area contributed by atoms with Crippen molar-refractivity contribution in [2.24, 2.45) is 5.92 Å². The molecule has 2 aliphatic rings. The van der Waals surface area contributed by atoms with Crippen LogP contribution in [-0.4, -0.2) is 19.2 Å². The van der Waals surface area contributed by atoms with Gasteiger partial charge in [0.25, 0.3) is 0 Å². The van der Waals surface area contributed by atoms with E-state index in [-0.39, 0.29) is 0 Å². The van der Waals surface area contributed by atoms with Crippen LogP contribution in [-0.2, 0) is 0 Å². The molecule has 0 radical (unpaired) electrons. The molecule has 0 amide bonds. The van der Waals surface area contributed by atoms with Gasteiger partial charge in [0.15, 0.2) is 0 Å². The van der Waals surface area contributed by atoms with Crippen LogP contribution < -0.4 is 10.1 Å².